The Labute approximate surface area is 98.2 Å². The van der Waals surface area contributed by atoms with Crippen LogP contribution in [-0.2, 0) is 12.6 Å². The van der Waals surface area contributed by atoms with E-state index in [1.54, 1.807) is 20.8 Å². The maximum absolute atomic E-state index is 12.5. The van der Waals surface area contributed by atoms with Crippen molar-refractivity contribution in [2.45, 2.75) is 39.4 Å². The Morgan fingerprint density at radius 1 is 1.35 bits per heavy atom. The smallest absolute Gasteiger partial charge is 0.396 e. The van der Waals surface area contributed by atoms with Crippen molar-refractivity contribution in [3.63, 3.8) is 0 Å². The summed E-state index contributed by atoms with van der Waals surface area (Å²) >= 11 is 0. The highest BCUT2D eigenvalue weighted by molar-refractivity contribution is 5.14. The molecule has 0 aliphatic carbocycles. The lowest BCUT2D eigenvalue weighted by atomic mass is 10.1. The molecule has 1 rings (SSSR count). The van der Waals surface area contributed by atoms with Gasteiger partial charge in [0.25, 0.3) is 0 Å². The summed E-state index contributed by atoms with van der Waals surface area (Å²) in [7, 11) is 0. The van der Waals surface area contributed by atoms with Gasteiger partial charge in [-0.3, -0.25) is 4.68 Å². The number of hydrogen-bond donors (Lipinski definition) is 1. The van der Waals surface area contributed by atoms with E-state index >= 15 is 0 Å². The minimum absolute atomic E-state index is 0.0510. The van der Waals surface area contributed by atoms with E-state index in [0.29, 0.717) is 12.1 Å². The van der Waals surface area contributed by atoms with E-state index in [1.165, 1.54) is 4.68 Å². The second-order valence-corrected chi connectivity index (χ2v) is 4.55. The van der Waals surface area contributed by atoms with Crippen molar-refractivity contribution in [3.05, 3.63) is 17.5 Å². The van der Waals surface area contributed by atoms with Crippen molar-refractivity contribution in [3.8, 4) is 0 Å². The zero-order valence-electron chi connectivity index (χ0n) is 10.1. The van der Waals surface area contributed by atoms with E-state index in [4.69, 9.17) is 5.11 Å². The van der Waals surface area contributed by atoms with Crippen molar-refractivity contribution in [1.82, 2.24) is 9.78 Å². The van der Waals surface area contributed by atoms with Crippen LogP contribution in [-0.4, -0.2) is 21.5 Å². The van der Waals surface area contributed by atoms with Crippen molar-refractivity contribution in [1.29, 1.82) is 0 Å². The van der Waals surface area contributed by atoms with E-state index in [1.807, 2.05) is 0 Å². The Kier molecular flexibility index (Phi) is 4.19. The van der Waals surface area contributed by atoms with Gasteiger partial charge in [0.2, 0.25) is 0 Å². The van der Waals surface area contributed by atoms with Gasteiger partial charge in [0.05, 0.1) is 0 Å². The lowest BCUT2D eigenvalue weighted by molar-refractivity contribution is -0.141. The van der Waals surface area contributed by atoms with Crippen LogP contribution in [0.3, 0.4) is 0 Å². The highest BCUT2D eigenvalue weighted by Gasteiger charge is 2.35. The van der Waals surface area contributed by atoms with Gasteiger partial charge in [-0.05, 0) is 32.3 Å². The first-order valence-corrected chi connectivity index (χ1v) is 5.52. The molecule has 0 aliphatic heterocycles. The fourth-order valence-corrected chi connectivity index (χ4v) is 1.59. The Morgan fingerprint density at radius 2 is 1.94 bits per heavy atom. The molecule has 1 aromatic rings. The predicted octanol–water partition coefficient (Wildman–Crippen LogP) is 2.65. The minimum atomic E-state index is -4.42. The molecule has 1 aromatic heterocycles. The second kappa shape index (κ2) is 5.08. The molecule has 0 aliphatic rings. The van der Waals surface area contributed by atoms with Crippen LogP contribution < -0.4 is 0 Å². The van der Waals surface area contributed by atoms with E-state index < -0.39 is 11.9 Å². The predicted molar refractivity (Wildman–Crippen MR) is 57.6 cm³/mol. The van der Waals surface area contributed by atoms with Crippen LogP contribution in [0.5, 0.6) is 0 Å². The van der Waals surface area contributed by atoms with Gasteiger partial charge in [0.15, 0.2) is 5.69 Å². The first-order chi connectivity index (χ1) is 7.75. The Hall–Kier alpha value is -1.04. The van der Waals surface area contributed by atoms with Crippen molar-refractivity contribution >= 4 is 0 Å². The van der Waals surface area contributed by atoms with Crippen molar-refractivity contribution < 1.29 is 18.3 Å². The number of alkyl halides is 3. The molecule has 17 heavy (non-hydrogen) atoms. The summed E-state index contributed by atoms with van der Waals surface area (Å²) in [4.78, 5) is 0. The molecule has 0 spiro atoms. The lowest BCUT2D eigenvalue weighted by Gasteiger charge is -2.13. The largest absolute Gasteiger partial charge is 0.435 e. The zero-order valence-corrected chi connectivity index (χ0v) is 10.1. The molecule has 1 atom stereocenters. The molecule has 0 aromatic carbocycles. The third-order valence-electron chi connectivity index (χ3n) is 2.46. The average Bonchev–Trinajstić information content (AvgIpc) is 2.61. The summed E-state index contributed by atoms with van der Waals surface area (Å²) in [6, 6.07) is 0.929. The quantitative estimate of drug-likeness (QED) is 0.892. The van der Waals surface area contributed by atoms with Gasteiger partial charge in [-0.1, -0.05) is 6.92 Å². The molecule has 0 fully saturated rings. The molecule has 0 radical (unpaired) electrons. The van der Waals surface area contributed by atoms with Crippen LogP contribution in [0.1, 0.15) is 38.2 Å². The third-order valence-corrected chi connectivity index (χ3v) is 2.46. The highest BCUT2D eigenvalue weighted by atomic mass is 19.4. The molecule has 3 nitrogen and oxygen atoms in total. The van der Waals surface area contributed by atoms with Gasteiger partial charge in [-0.15, -0.1) is 0 Å². The summed E-state index contributed by atoms with van der Waals surface area (Å²) in [5.41, 5.74) is -0.361. The molecular formula is C11H17F3N2O. The molecule has 6 heteroatoms. The number of halogens is 3. The maximum Gasteiger partial charge on any atom is 0.435 e. The van der Waals surface area contributed by atoms with Crippen LogP contribution in [0.4, 0.5) is 13.2 Å². The summed E-state index contributed by atoms with van der Waals surface area (Å²) < 4.78 is 39.0. The lowest BCUT2D eigenvalue weighted by Crippen LogP contribution is -2.13. The fraction of sp³-hybridized carbons (Fsp3) is 0.727. The van der Waals surface area contributed by atoms with E-state index in [2.05, 4.69) is 5.10 Å². The van der Waals surface area contributed by atoms with Crippen molar-refractivity contribution in [2.24, 2.45) is 5.92 Å². The highest BCUT2D eigenvalue weighted by Crippen LogP contribution is 2.30. The van der Waals surface area contributed by atoms with Crippen LogP contribution in [0.25, 0.3) is 0 Å². The standard InChI is InChI=1S/C11H17F3N2O/c1-7(2)16-9(4-8(3)6-17)5-10(15-16)11(12,13)14/h5,7-8,17H,4,6H2,1-3H3/t8-/m1/s1. The number of aromatic nitrogens is 2. The number of rotatable bonds is 4. The molecule has 1 N–H and O–H groups in total. The third kappa shape index (κ3) is 3.46. The van der Waals surface area contributed by atoms with E-state index in [0.717, 1.165) is 6.07 Å². The molecule has 98 valence electrons. The molecule has 0 saturated carbocycles. The average molecular weight is 250 g/mol. The molecule has 0 saturated heterocycles. The first kappa shape index (κ1) is 14.0. The normalized spacial score (nSPS) is 14.4. The van der Waals surface area contributed by atoms with Crippen LogP contribution in [0, 0.1) is 5.92 Å². The minimum Gasteiger partial charge on any atom is -0.396 e. The number of aliphatic hydroxyl groups excluding tert-OH is 1. The zero-order chi connectivity index (χ0) is 13.2. The molecule has 0 unspecified atom stereocenters. The molecule has 0 bridgehead atoms. The van der Waals surface area contributed by atoms with E-state index in [-0.39, 0.29) is 18.6 Å². The van der Waals surface area contributed by atoms with E-state index in [9.17, 15) is 13.2 Å². The van der Waals surface area contributed by atoms with Gasteiger partial charge in [-0.2, -0.15) is 18.3 Å². The Balaban J connectivity index is 3.06. The molecular weight excluding hydrogens is 233 g/mol. The van der Waals surface area contributed by atoms with Gasteiger partial charge in [-0.25, -0.2) is 0 Å². The van der Waals surface area contributed by atoms with Crippen LogP contribution in [0.2, 0.25) is 0 Å². The van der Waals surface area contributed by atoms with Crippen molar-refractivity contribution in [2.75, 3.05) is 6.61 Å². The van der Waals surface area contributed by atoms with Crippen LogP contribution >= 0.6 is 0 Å². The first-order valence-electron chi connectivity index (χ1n) is 5.52. The molecule has 1 heterocycles. The summed E-state index contributed by atoms with van der Waals surface area (Å²) in [5.74, 6) is -0.0784. The van der Waals surface area contributed by atoms with Gasteiger partial charge < -0.3 is 5.11 Å². The Morgan fingerprint density at radius 3 is 2.35 bits per heavy atom. The second-order valence-electron chi connectivity index (χ2n) is 4.55. The maximum atomic E-state index is 12.5. The topological polar surface area (TPSA) is 38.0 Å². The summed E-state index contributed by atoms with van der Waals surface area (Å²) in [6.45, 7) is 5.29. The monoisotopic (exact) mass is 250 g/mol. The SMILES string of the molecule is CC(C)n1nc(C(F)(F)F)cc1C[C@@H](C)CO. The van der Waals surface area contributed by atoms with Gasteiger partial charge in [0.1, 0.15) is 0 Å². The van der Waals surface area contributed by atoms with Crippen LogP contribution in [0.15, 0.2) is 6.07 Å². The Bertz CT molecular complexity index is 371. The number of nitrogens with zero attached hydrogens (tertiary/aromatic N) is 2. The fourth-order valence-electron chi connectivity index (χ4n) is 1.59. The summed E-state index contributed by atoms with van der Waals surface area (Å²) in [6.07, 6.45) is -4.03. The number of hydrogen-bond acceptors (Lipinski definition) is 2. The summed E-state index contributed by atoms with van der Waals surface area (Å²) in [5, 5.41) is 12.5. The van der Waals surface area contributed by atoms with Gasteiger partial charge >= 0.3 is 6.18 Å². The van der Waals surface area contributed by atoms with Gasteiger partial charge in [0, 0.05) is 18.3 Å². The molecule has 0 amide bonds. The number of aliphatic hydroxyl groups is 1.